The summed E-state index contributed by atoms with van der Waals surface area (Å²) in [5.74, 6) is 3.90. The van der Waals surface area contributed by atoms with Gasteiger partial charge in [0.1, 0.15) is 0 Å². The fraction of sp³-hybridized carbons (Fsp3) is 0.576. The minimum atomic E-state index is 0.475. The summed E-state index contributed by atoms with van der Waals surface area (Å²) in [5.41, 5.74) is 7.92. The van der Waals surface area contributed by atoms with Gasteiger partial charge in [-0.2, -0.15) is 0 Å². The molecular weight excluding hydrogens is 452 g/mol. The summed E-state index contributed by atoms with van der Waals surface area (Å²) in [7, 11) is 0. The topological polar surface area (TPSA) is 48.8 Å². The van der Waals surface area contributed by atoms with Gasteiger partial charge in [0.2, 0.25) is 0 Å². The first-order valence-electron chi connectivity index (χ1n) is 14.3. The van der Waals surface area contributed by atoms with Crippen LogP contribution in [0.25, 0.3) is 0 Å². The number of nitrogens with one attached hydrogen (secondary N) is 2. The first-order valence-corrected chi connectivity index (χ1v) is 14.3. The summed E-state index contributed by atoms with van der Waals surface area (Å²) < 4.78 is 0. The molecule has 2 N–H and O–H groups in total. The monoisotopic (exact) mass is 504 g/mol. The minimum Gasteiger partial charge on any atom is -0.344 e. The lowest BCUT2D eigenvalue weighted by atomic mass is 9.92. The fourth-order valence-corrected chi connectivity index (χ4v) is 4.73. The third-order valence-corrected chi connectivity index (χ3v) is 6.87. The Hall–Kier alpha value is -2.62. The highest BCUT2D eigenvalue weighted by Gasteiger charge is 2.15. The van der Waals surface area contributed by atoms with Crippen LogP contribution in [-0.4, -0.2) is 24.8 Å². The van der Waals surface area contributed by atoms with E-state index in [1.807, 2.05) is 0 Å². The van der Waals surface area contributed by atoms with Crippen LogP contribution in [0.2, 0.25) is 0 Å². The van der Waals surface area contributed by atoms with Crippen molar-refractivity contribution >= 4 is 23.0 Å². The Bertz CT molecular complexity index is 908. The van der Waals surface area contributed by atoms with Gasteiger partial charge < -0.3 is 10.6 Å². The highest BCUT2D eigenvalue weighted by atomic mass is 15.0. The summed E-state index contributed by atoms with van der Waals surface area (Å²) in [4.78, 5) is 9.64. The summed E-state index contributed by atoms with van der Waals surface area (Å²) >= 11 is 0. The molecule has 37 heavy (non-hydrogen) atoms. The van der Waals surface area contributed by atoms with E-state index in [1.54, 1.807) is 0 Å². The molecule has 204 valence electrons. The number of aliphatic imine (C=N–C) groups is 2. The quantitative estimate of drug-likeness (QED) is 0.172. The van der Waals surface area contributed by atoms with E-state index in [2.05, 4.69) is 116 Å². The third-order valence-electron chi connectivity index (χ3n) is 6.87. The van der Waals surface area contributed by atoms with Gasteiger partial charge in [0.15, 0.2) is 0 Å². The van der Waals surface area contributed by atoms with Gasteiger partial charge in [0, 0.05) is 24.5 Å². The Balaban J connectivity index is 1.87. The highest BCUT2D eigenvalue weighted by molar-refractivity contribution is 5.96. The molecule has 2 aromatic carbocycles. The number of unbranched alkanes of at least 4 members (excludes halogenated alkanes) is 2. The molecule has 0 heterocycles. The second kappa shape index (κ2) is 15.0. The molecule has 0 bridgehead atoms. The first kappa shape index (κ1) is 30.6. The SMILES string of the molecule is CC(=NCCCCCN=C(C)Nc1c(C(C)C)cccc1C(C)C)Nc1c(C(C)C)cccc1C(C)C. The fourth-order valence-electron chi connectivity index (χ4n) is 4.73. The number of benzene rings is 2. The number of amidine groups is 2. The van der Waals surface area contributed by atoms with E-state index in [0.29, 0.717) is 23.7 Å². The molecule has 0 aromatic heterocycles. The molecule has 2 aromatic rings. The van der Waals surface area contributed by atoms with Gasteiger partial charge in [-0.15, -0.1) is 0 Å². The van der Waals surface area contributed by atoms with E-state index >= 15 is 0 Å². The number of hydrogen-bond acceptors (Lipinski definition) is 2. The second-order valence-corrected chi connectivity index (χ2v) is 11.5. The van der Waals surface area contributed by atoms with Crippen molar-refractivity contribution in [1.82, 2.24) is 0 Å². The van der Waals surface area contributed by atoms with Crippen LogP contribution in [-0.2, 0) is 0 Å². The molecule has 0 amide bonds. The molecule has 0 atom stereocenters. The van der Waals surface area contributed by atoms with E-state index in [0.717, 1.165) is 44.0 Å². The molecule has 4 nitrogen and oxygen atoms in total. The Morgan fingerprint density at radius 3 is 1.11 bits per heavy atom. The molecule has 0 unspecified atom stereocenters. The summed E-state index contributed by atoms with van der Waals surface area (Å²) in [6.45, 7) is 23.9. The van der Waals surface area contributed by atoms with Crippen LogP contribution in [0.15, 0.2) is 46.4 Å². The molecular formula is C33H52N4. The summed E-state index contributed by atoms with van der Waals surface area (Å²) in [6, 6.07) is 13.3. The highest BCUT2D eigenvalue weighted by Crippen LogP contribution is 2.33. The third kappa shape index (κ3) is 9.32. The average Bonchev–Trinajstić information content (AvgIpc) is 2.83. The molecule has 2 rings (SSSR count). The van der Waals surface area contributed by atoms with E-state index in [1.165, 1.54) is 33.6 Å². The largest absolute Gasteiger partial charge is 0.344 e. The van der Waals surface area contributed by atoms with Crippen molar-refractivity contribution < 1.29 is 0 Å². The number of nitrogens with zero attached hydrogens (tertiary/aromatic N) is 2. The molecule has 0 fully saturated rings. The zero-order chi connectivity index (χ0) is 27.5. The van der Waals surface area contributed by atoms with Crippen LogP contribution in [0.4, 0.5) is 11.4 Å². The van der Waals surface area contributed by atoms with Gasteiger partial charge >= 0.3 is 0 Å². The molecule has 4 heteroatoms. The molecule has 0 saturated carbocycles. The molecule has 0 saturated heterocycles. The Kier molecular flexibility index (Phi) is 12.4. The second-order valence-electron chi connectivity index (χ2n) is 11.5. The molecule has 0 aliphatic carbocycles. The van der Waals surface area contributed by atoms with Crippen molar-refractivity contribution in [3.8, 4) is 0 Å². The lowest BCUT2D eigenvalue weighted by molar-refractivity contribution is 0.696. The molecule has 0 radical (unpaired) electrons. The number of anilines is 2. The van der Waals surface area contributed by atoms with Gasteiger partial charge in [0.05, 0.1) is 11.7 Å². The van der Waals surface area contributed by atoms with Crippen molar-refractivity contribution in [2.75, 3.05) is 23.7 Å². The minimum absolute atomic E-state index is 0.475. The smallest absolute Gasteiger partial charge is 0.0975 e. The molecule has 0 aliphatic rings. The van der Waals surface area contributed by atoms with Crippen LogP contribution in [0.3, 0.4) is 0 Å². The van der Waals surface area contributed by atoms with Gasteiger partial charge in [-0.1, -0.05) is 91.8 Å². The van der Waals surface area contributed by atoms with Crippen molar-refractivity contribution in [3.63, 3.8) is 0 Å². The van der Waals surface area contributed by atoms with E-state index in [9.17, 15) is 0 Å². The van der Waals surface area contributed by atoms with Crippen LogP contribution in [0.5, 0.6) is 0 Å². The van der Waals surface area contributed by atoms with Gasteiger partial charge in [-0.3, -0.25) is 9.98 Å². The van der Waals surface area contributed by atoms with Gasteiger partial charge in [-0.05, 0) is 79.0 Å². The van der Waals surface area contributed by atoms with Gasteiger partial charge in [-0.25, -0.2) is 0 Å². The van der Waals surface area contributed by atoms with Crippen molar-refractivity contribution in [2.45, 2.75) is 112 Å². The molecule has 0 spiro atoms. The zero-order valence-electron chi connectivity index (χ0n) is 25.2. The number of para-hydroxylation sites is 2. The average molecular weight is 505 g/mol. The standard InChI is InChI=1S/C33H52N4/c1-22(2)28-16-14-17-29(23(3)4)32(28)36-26(9)34-20-12-11-13-21-35-27(10)37-33-30(24(5)6)18-15-19-31(33)25(7)8/h14-19,22-25H,11-13,20-21H2,1-10H3,(H,34,36)(H,35,37). The Labute approximate surface area is 227 Å². The lowest BCUT2D eigenvalue weighted by Crippen LogP contribution is -2.13. The Morgan fingerprint density at radius 1 is 0.541 bits per heavy atom. The maximum absolute atomic E-state index is 4.82. The number of rotatable bonds is 12. The predicted octanol–water partition coefficient (Wildman–Crippen LogP) is 9.71. The van der Waals surface area contributed by atoms with Crippen molar-refractivity contribution in [2.24, 2.45) is 9.98 Å². The summed E-state index contributed by atoms with van der Waals surface area (Å²) in [6.07, 6.45) is 3.29. The first-order chi connectivity index (χ1) is 17.5. The predicted molar refractivity (Wildman–Crippen MR) is 166 cm³/mol. The van der Waals surface area contributed by atoms with Crippen LogP contribution < -0.4 is 10.6 Å². The zero-order valence-corrected chi connectivity index (χ0v) is 25.2. The van der Waals surface area contributed by atoms with Crippen LogP contribution in [0, 0.1) is 0 Å². The normalized spacial score (nSPS) is 12.8. The number of hydrogen-bond donors (Lipinski definition) is 2. The van der Waals surface area contributed by atoms with Gasteiger partial charge in [0.25, 0.3) is 0 Å². The lowest BCUT2D eigenvalue weighted by Gasteiger charge is -2.21. The van der Waals surface area contributed by atoms with Crippen molar-refractivity contribution in [1.29, 1.82) is 0 Å². The summed E-state index contributed by atoms with van der Waals surface area (Å²) in [5, 5.41) is 7.25. The van der Waals surface area contributed by atoms with Crippen LogP contribution >= 0.6 is 0 Å². The Morgan fingerprint density at radius 2 is 0.838 bits per heavy atom. The van der Waals surface area contributed by atoms with E-state index < -0.39 is 0 Å². The molecule has 0 aliphatic heterocycles. The maximum atomic E-state index is 4.82. The van der Waals surface area contributed by atoms with E-state index in [4.69, 9.17) is 9.98 Å². The maximum Gasteiger partial charge on any atom is 0.0975 e. The van der Waals surface area contributed by atoms with Crippen LogP contribution in [0.1, 0.15) is 134 Å². The van der Waals surface area contributed by atoms with E-state index in [-0.39, 0.29) is 0 Å². The van der Waals surface area contributed by atoms with Crippen molar-refractivity contribution in [3.05, 3.63) is 58.7 Å².